The highest BCUT2D eigenvalue weighted by Crippen LogP contribution is 2.28. The fourth-order valence-electron chi connectivity index (χ4n) is 2.71. The molecule has 3 aromatic carbocycles. The minimum Gasteiger partial charge on any atom is -0.488 e. The Morgan fingerprint density at radius 3 is 2.45 bits per heavy atom. The quantitative estimate of drug-likeness (QED) is 0.202. The van der Waals surface area contributed by atoms with Crippen LogP contribution in [0, 0.1) is 6.92 Å². The number of hydrazone groups is 1. The molecule has 3 aromatic rings. The van der Waals surface area contributed by atoms with Crippen LogP contribution < -0.4 is 15.5 Å². The molecule has 0 radical (unpaired) electrons. The minimum atomic E-state index is -0.517. The van der Waals surface area contributed by atoms with Crippen LogP contribution in [0.2, 0.25) is 10.0 Å². The van der Waals surface area contributed by atoms with Crippen molar-refractivity contribution < 1.29 is 14.3 Å². The van der Waals surface area contributed by atoms with Crippen molar-refractivity contribution >= 4 is 62.8 Å². The van der Waals surface area contributed by atoms with Crippen molar-refractivity contribution in [1.29, 1.82) is 0 Å². The van der Waals surface area contributed by atoms with Crippen LogP contribution in [0.4, 0.5) is 5.69 Å². The summed E-state index contributed by atoms with van der Waals surface area (Å²) >= 11 is 15.4. The Kier molecular flexibility index (Phi) is 8.88. The number of amides is 2. The lowest BCUT2D eigenvalue weighted by molar-refractivity contribution is -0.126. The maximum Gasteiger partial charge on any atom is 0.249 e. The molecule has 0 aliphatic heterocycles. The lowest BCUT2D eigenvalue weighted by Crippen LogP contribution is -2.24. The Hall–Kier alpha value is -2.87. The van der Waals surface area contributed by atoms with E-state index in [1.54, 1.807) is 42.5 Å². The molecule has 0 unspecified atom stereocenters. The Morgan fingerprint density at radius 1 is 1.00 bits per heavy atom. The van der Waals surface area contributed by atoms with E-state index in [-0.39, 0.29) is 6.42 Å². The number of carbonyl (C=O) groups is 2. The van der Waals surface area contributed by atoms with Crippen LogP contribution in [0.25, 0.3) is 0 Å². The number of benzene rings is 3. The normalized spacial score (nSPS) is 10.8. The first kappa shape index (κ1) is 24.8. The molecule has 2 amide bonds. The van der Waals surface area contributed by atoms with Crippen LogP contribution in [0.1, 0.15) is 23.1 Å². The van der Waals surface area contributed by atoms with E-state index in [0.29, 0.717) is 28.1 Å². The Bertz CT molecular complexity index is 1180. The first-order valence-corrected chi connectivity index (χ1v) is 11.4. The minimum absolute atomic E-state index is 0.323. The molecule has 0 saturated carbocycles. The topological polar surface area (TPSA) is 79.8 Å². The fraction of sp³-hybridized carbons (Fsp3) is 0.125. The summed E-state index contributed by atoms with van der Waals surface area (Å²) in [5.74, 6) is -0.302. The van der Waals surface area contributed by atoms with E-state index < -0.39 is 11.8 Å². The number of aryl methyl sites for hydroxylation is 1. The van der Waals surface area contributed by atoms with Crippen molar-refractivity contribution in [1.82, 2.24) is 5.43 Å². The van der Waals surface area contributed by atoms with Gasteiger partial charge in [0.25, 0.3) is 0 Å². The molecule has 0 spiro atoms. The summed E-state index contributed by atoms with van der Waals surface area (Å²) in [5, 5.41) is 7.53. The molecular weight excluding hydrogens is 529 g/mol. The van der Waals surface area contributed by atoms with Crippen LogP contribution >= 0.6 is 39.1 Å². The lowest BCUT2D eigenvalue weighted by Gasteiger charge is -2.09. The van der Waals surface area contributed by atoms with E-state index >= 15 is 0 Å². The zero-order chi connectivity index (χ0) is 23.8. The molecule has 0 atom stereocenters. The van der Waals surface area contributed by atoms with Gasteiger partial charge in [-0.05, 0) is 76.4 Å². The van der Waals surface area contributed by atoms with Crippen molar-refractivity contribution in [3.63, 3.8) is 0 Å². The summed E-state index contributed by atoms with van der Waals surface area (Å²) in [4.78, 5) is 23.9. The fourth-order valence-corrected chi connectivity index (χ4v) is 3.54. The van der Waals surface area contributed by atoms with Gasteiger partial charge in [-0.3, -0.25) is 9.59 Å². The van der Waals surface area contributed by atoms with Gasteiger partial charge in [0.2, 0.25) is 11.8 Å². The Balaban J connectivity index is 1.47. The zero-order valence-electron chi connectivity index (χ0n) is 17.6. The van der Waals surface area contributed by atoms with Crippen LogP contribution in [-0.4, -0.2) is 18.0 Å². The second kappa shape index (κ2) is 11.8. The molecule has 33 heavy (non-hydrogen) atoms. The molecule has 2 N–H and O–H groups in total. The highest BCUT2D eigenvalue weighted by atomic mass is 79.9. The molecule has 0 saturated heterocycles. The molecule has 0 fully saturated rings. The number of nitrogens with zero attached hydrogens (tertiary/aromatic N) is 1. The summed E-state index contributed by atoms with van der Waals surface area (Å²) in [6, 6.07) is 18.0. The van der Waals surface area contributed by atoms with E-state index in [1.807, 2.05) is 25.1 Å². The van der Waals surface area contributed by atoms with Gasteiger partial charge >= 0.3 is 0 Å². The highest BCUT2D eigenvalue weighted by molar-refractivity contribution is 9.10. The smallest absolute Gasteiger partial charge is 0.249 e. The maximum absolute atomic E-state index is 12.0. The van der Waals surface area contributed by atoms with Crippen LogP contribution in [0.3, 0.4) is 0 Å². The van der Waals surface area contributed by atoms with E-state index in [0.717, 1.165) is 21.2 Å². The predicted molar refractivity (Wildman–Crippen MR) is 135 cm³/mol. The number of ether oxygens (including phenoxy) is 1. The van der Waals surface area contributed by atoms with E-state index in [1.165, 1.54) is 6.21 Å². The van der Waals surface area contributed by atoms with Crippen molar-refractivity contribution in [3.05, 3.63) is 91.9 Å². The lowest BCUT2D eigenvalue weighted by atomic mass is 10.2. The number of halogens is 3. The van der Waals surface area contributed by atoms with Crippen molar-refractivity contribution in [2.24, 2.45) is 5.10 Å². The largest absolute Gasteiger partial charge is 0.488 e. The van der Waals surface area contributed by atoms with Gasteiger partial charge < -0.3 is 10.1 Å². The molecular formula is C24H20BrCl2N3O3. The molecule has 0 heterocycles. The van der Waals surface area contributed by atoms with Crippen molar-refractivity contribution in [2.45, 2.75) is 20.0 Å². The van der Waals surface area contributed by atoms with Gasteiger partial charge in [-0.2, -0.15) is 5.10 Å². The zero-order valence-corrected chi connectivity index (χ0v) is 20.7. The number of hydrogen-bond acceptors (Lipinski definition) is 4. The molecule has 170 valence electrons. The van der Waals surface area contributed by atoms with Crippen LogP contribution in [-0.2, 0) is 16.2 Å². The second-order valence-electron chi connectivity index (χ2n) is 7.11. The number of rotatable bonds is 8. The van der Waals surface area contributed by atoms with E-state index in [9.17, 15) is 9.59 Å². The predicted octanol–water partition coefficient (Wildman–Crippen LogP) is 6.12. The third-order valence-corrected chi connectivity index (χ3v) is 5.75. The first-order chi connectivity index (χ1) is 15.8. The average molecular weight is 549 g/mol. The van der Waals surface area contributed by atoms with Gasteiger partial charge in [-0.1, -0.05) is 47.0 Å². The number of carbonyl (C=O) groups excluding carboxylic acids is 2. The summed E-state index contributed by atoms with van der Waals surface area (Å²) in [7, 11) is 0. The number of nitrogens with one attached hydrogen (secondary N) is 2. The van der Waals surface area contributed by atoms with Gasteiger partial charge in [0, 0.05) is 5.69 Å². The highest BCUT2D eigenvalue weighted by Gasteiger charge is 2.09. The SMILES string of the molecule is Cc1ccc(NC(=O)CC(=O)NN=Cc2ccc(OCc3ccc(Cl)c(Cl)c3)c(Br)c2)cc1. The van der Waals surface area contributed by atoms with Crippen LogP contribution in [0.15, 0.2) is 70.2 Å². The van der Waals surface area contributed by atoms with Gasteiger partial charge in [-0.15, -0.1) is 0 Å². The number of hydrogen-bond donors (Lipinski definition) is 2. The van der Waals surface area contributed by atoms with E-state index in [4.69, 9.17) is 27.9 Å². The molecule has 9 heteroatoms. The molecule has 0 bridgehead atoms. The average Bonchev–Trinajstić information content (AvgIpc) is 2.77. The molecule has 0 aliphatic rings. The second-order valence-corrected chi connectivity index (χ2v) is 8.78. The van der Waals surface area contributed by atoms with E-state index in [2.05, 4.69) is 31.8 Å². The van der Waals surface area contributed by atoms with Crippen molar-refractivity contribution in [2.75, 3.05) is 5.32 Å². The molecule has 6 nitrogen and oxygen atoms in total. The molecule has 0 aromatic heterocycles. The number of anilines is 1. The van der Waals surface area contributed by atoms with Gasteiger partial charge in [-0.25, -0.2) is 5.43 Å². The van der Waals surface area contributed by atoms with Crippen LogP contribution in [0.5, 0.6) is 5.75 Å². The van der Waals surface area contributed by atoms with Gasteiger partial charge in [0.15, 0.2) is 0 Å². The maximum atomic E-state index is 12.0. The third kappa shape index (κ3) is 7.89. The summed E-state index contributed by atoms with van der Waals surface area (Å²) in [5.41, 5.74) is 5.68. The Morgan fingerprint density at radius 2 is 1.76 bits per heavy atom. The first-order valence-electron chi connectivity index (χ1n) is 9.85. The standard InChI is InChI=1S/C24H20BrCl2N3O3/c1-15-2-6-18(7-3-15)29-23(31)12-24(32)30-28-13-16-5-9-22(19(25)10-16)33-14-17-4-8-20(26)21(27)11-17/h2-11,13H,12,14H2,1H3,(H,29,31)(H,30,32). The van der Waals surface area contributed by atoms with Gasteiger partial charge in [0.1, 0.15) is 18.8 Å². The summed E-state index contributed by atoms with van der Waals surface area (Å²) in [6.07, 6.45) is 1.14. The third-order valence-electron chi connectivity index (χ3n) is 4.39. The summed E-state index contributed by atoms with van der Waals surface area (Å²) < 4.78 is 6.53. The van der Waals surface area contributed by atoms with Crippen molar-refractivity contribution in [3.8, 4) is 5.75 Å². The Labute approximate surface area is 210 Å². The molecule has 0 aliphatic carbocycles. The molecule has 3 rings (SSSR count). The van der Waals surface area contributed by atoms with Gasteiger partial charge in [0.05, 0.1) is 20.7 Å². The summed E-state index contributed by atoms with van der Waals surface area (Å²) in [6.45, 7) is 2.28. The monoisotopic (exact) mass is 547 g/mol.